The van der Waals surface area contributed by atoms with Crippen LogP contribution in [0.25, 0.3) is 0 Å². The molecule has 2 aromatic carbocycles. The third-order valence-corrected chi connectivity index (χ3v) is 3.28. The van der Waals surface area contributed by atoms with Gasteiger partial charge in [0.15, 0.2) is 0 Å². The average Bonchev–Trinajstić information content (AvgIpc) is 2.56. The van der Waals surface area contributed by atoms with Gasteiger partial charge in [-0.2, -0.15) is 0 Å². The molecule has 0 fully saturated rings. The summed E-state index contributed by atoms with van der Waals surface area (Å²) in [6.07, 6.45) is 5.27. The summed E-state index contributed by atoms with van der Waals surface area (Å²) in [5.41, 5.74) is 2.85. The number of carbonyl (C=O) groups excluding carboxylic acids is 1. The Hall–Kier alpha value is -2.93. The third kappa shape index (κ3) is 4.04. The van der Waals surface area contributed by atoms with Crippen molar-refractivity contribution in [2.24, 2.45) is 0 Å². The smallest absolute Gasteiger partial charge is 0.338 e. The molecular formula is C19H19NO3. The maximum atomic E-state index is 12.1. The van der Waals surface area contributed by atoms with Crippen LogP contribution in [0.2, 0.25) is 0 Å². The first-order chi connectivity index (χ1) is 11.2. The average molecular weight is 309 g/mol. The number of para-hydroxylation sites is 1. The quantitative estimate of drug-likeness (QED) is 0.649. The van der Waals surface area contributed by atoms with Crippen molar-refractivity contribution in [2.75, 3.05) is 18.5 Å². The van der Waals surface area contributed by atoms with Crippen molar-refractivity contribution in [2.45, 2.75) is 13.8 Å². The largest absolute Gasteiger partial charge is 0.479 e. The molecule has 0 bridgehead atoms. The van der Waals surface area contributed by atoms with Gasteiger partial charge < -0.3 is 14.8 Å². The van der Waals surface area contributed by atoms with Crippen LogP contribution >= 0.6 is 0 Å². The zero-order chi connectivity index (χ0) is 16.7. The summed E-state index contributed by atoms with van der Waals surface area (Å²) in [5, 5.41) is 3.29. The highest BCUT2D eigenvalue weighted by molar-refractivity contribution is 5.94. The van der Waals surface area contributed by atoms with Crippen LogP contribution in [0.3, 0.4) is 0 Å². The minimum absolute atomic E-state index is 0.154. The van der Waals surface area contributed by atoms with Gasteiger partial charge in [0.1, 0.15) is 12.4 Å². The summed E-state index contributed by atoms with van der Waals surface area (Å²) in [5.74, 6) is 2.68. The van der Waals surface area contributed by atoms with Crippen LogP contribution in [0.4, 0.5) is 11.4 Å². The van der Waals surface area contributed by atoms with Gasteiger partial charge in [-0.05, 0) is 43.7 Å². The fourth-order valence-electron chi connectivity index (χ4n) is 2.18. The summed E-state index contributed by atoms with van der Waals surface area (Å²) in [4.78, 5) is 12.1. The van der Waals surface area contributed by atoms with Crippen LogP contribution in [-0.2, 0) is 4.74 Å². The molecule has 4 heteroatoms. The van der Waals surface area contributed by atoms with Crippen molar-refractivity contribution >= 4 is 17.3 Å². The van der Waals surface area contributed by atoms with Crippen LogP contribution in [0, 0.1) is 19.3 Å². The van der Waals surface area contributed by atoms with Gasteiger partial charge in [0.2, 0.25) is 0 Å². The van der Waals surface area contributed by atoms with E-state index in [1.807, 2.05) is 37.3 Å². The van der Waals surface area contributed by atoms with E-state index in [1.54, 1.807) is 19.1 Å². The number of carbonyl (C=O) groups is 1. The standard InChI is InChI=1S/C19H19NO3/c1-4-13-23-17-12-11-16(19(21)22-5-2)14(3)18(17)20-15-9-7-6-8-10-15/h1,6-12,20H,5,13H2,2-3H3. The summed E-state index contributed by atoms with van der Waals surface area (Å²) in [6, 6.07) is 13.1. The Kier molecular flexibility index (Phi) is 5.65. The molecule has 0 atom stereocenters. The van der Waals surface area contributed by atoms with Crippen molar-refractivity contribution in [3.63, 3.8) is 0 Å². The number of rotatable bonds is 6. The van der Waals surface area contributed by atoms with Gasteiger partial charge in [-0.25, -0.2) is 4.79 Å². The molecule has 0 aliphatic carbocycles. The predicted octanol–water partition coefficient (Wildman–Crippen LogP) is 3.93. The number of benzene rings is 2. The van der Waals surface area contributed by atoms with Gasteiger partial charge in [0.05, 0.1) is 17.9 Å². The van der Waals surface area contributed by atoms with Crippen LogP contribution in [0.5, 0.6) is 5.75 Å². The molecule has 23 heavy (non-hydrogen) atoms. The number of nitrogens with one attached hydrogen (secondary N) is 1. The lowest BCUT2D eigenvalue weighted by Gasteiger charge is -2.17. The Bertz CT molecular complexity index is 717. The van der Waals surface area contributed by atoms with Gasteiger partial charge in [0, 0.05) is 5.69 Å². The van der Waals surface area contributed by atoms with Gasteiger partial charge >= 0.3 is 5.97 Å². The molecule has 0 aliphatic heterocycles. The van der Waals surface area contributed by atoms with E-state index in [9.17, 15) is 4.79 Å². The SMILES string of the molecule is C#CCOc1ccc(C(=O)OCC)c(C)c1Nc1ccccc1. The van der Waals surface area contributed by atoms with Crippen LogP contribution in [0.1, 0.15) is 22.8 Å². The fraction of sp³-hybridized carbons (Fsp3) is 0.211. The number of terminal acetylenes is 1. The molecule has 0 heterocycles. The van der Waals surface area contributed by atoms with Crippen LogP contribution in [0.15, 0.2) is 42.5 Å². The van der Waals surface area contributed by atoms with E-state index in [2.05, 4.69) is 11.2 Å². The first kappa shape index (κ1) is 16.4. The van der Waals surface area contributed by atoms with Crippen molar-refractivity contribution in [3.8, 4) is 18.1 Å². The minimum Gasteiger partial charge on any atom is -0.479 e. The van der Waals surface area contributed by atoms with E-state index < -0.39 is 0 Å². The monoisotopic (exact) mass is 309 g/mol. The maximum absolute atomic E-state index is 12.1. The highest BCUT2D eigenvalue weighted by Gasteiger charge is 2.17. The minimum atomic E-state index is -0.357. The van der Waals surface area contributed by atoms with Crippen molar-refractivity contribution < 1.29 is 14.3 Å². The lowest BCUT2D eigenvalue weighted by Crippen LogP contribution is -2.09. The third-order valence-electron chi connectivity index (χ3n) is 3.28. The lowest BCUT2D eigenvalue weighted by molar-refractivity contribution is 0.0525. The van der Waals surface area contributed by atoms with E-state index in [-0.39, 0.29) is 12.6 Å². The first-order valence-corrected chi connectivity index (χ1v) is 7.36. The summed E-state index contributed by atoms with van der Waals surface area (Å²) < 4.78 is 10.7. The van der Waals surface area contributed by atoms with E-state index in [0.29, 0.717) is 23.6 Å². The van der Waals surface area contributed by atoms with Gasteiger partial charge in [-0.1, -0.05) is 24.1 Å². The molecule has 0 spiro atoms. The highest BCUT2D eigenvalue weighted by Crippen LogP contribution is 2.33. The molecule has 0 amide bonds. The number of anilines is 2. The van der Waals surface area contributed by atoms with E-state index >= 15 is 0 Å². The fourth-order valence-corrected chi connectivity index (χ4v) is 2.18. The van der Waals surface area contributed by atoms with Gasteiger partial charge in [-0.3, -0.25) is 0 Å². The van der Waals surface area contributed by atoms with E-state index in [4.69, 9.17) is 15.9 Å². The second-order valence-electron chi connectivity index (χ2n) is 4.82. The van der Waals surface area contributed by atoms with Crippen molar-refractivity contribution in [1.82, 2.24) is 0 Å². The Morgan fingerprint density at radius 2 is 1.96 bits per heavy atom. The summed E-state index contributed by atoms with van der Waals surface area (Å²) >= 11 is 0. The van der Waals surface area contributed by atoms with Crippen LogP contribution in [-0.4, -0.2) is 19.2 Å². The predicted molar refractivity (Wildman–Crippen MR) is 91.2 cm³/mol. The lowest BCUT2D eigenvalue weighted by atomic mass is 10.1. The molecule has 0 unspecified atom stereocenters. The molecule has 0 saturated carbocycles. The summed E-state index contributed by atoms with van der Waals surface area (Å²) in [7, 11) is 0. The molecule has 4 nitrogen and oxygen atoms in total. The van der Waals surface area contributed by atoms with Crippen LogP contribution < -0.4 is 10.1 Å². The van der Waals surface area contributed by atoms with E-state index in [1.165, 1.54) is 0 Å². The second kappa shape index (κ2) is 7.90. The normalized spacial score (nSPS) is 9.78. The highest BCUT2D eigenvalue weighted by atomic mass is 16.5. The Morgan fingerprint density at radius 3 is 2.61 bits per heavy atom. The molecule has 2 rings (SSSR count). The zero-order valence-corrected chi connectivity index (χ0v) is 13.3. The topological polar surface area (TPSA) is 47.6 Å². The Balaban J connectivity index is 2.43. The van der Waals surface area contributed by atoms with E-state index in [0.717, 1.165) is 11.3 Å². The number of esters is 1. The molecule has 0 radical (unpaired) electrons. The van der Waals surface area contributed by atoms with Crippen molar-refractivity contribution in [1.29, 1.82) is 0 Å². The van der Waals surface area contributed by atoms with Crippen molar-refractivity contribution in [3.05, 3.63) is 53.6 Å². The second-order valence-corrected chi connectivity index (χ2v) is 4.82. The molecular weight excluding hydrogens is 290 g/mol. The maximum Gasteiger partial charge on any atom is 0.338 e. The first-order valence-electron chi connectivity index (χ1n) is 7.36. The number of ether oxygens (including phenoxy) is 2. The molecule has 2 aromatic rings. The number of hydrogen-bond acceptors (Lipinski definition) is 4. The summed E-state index contributed by atoms with van der Waals surface area (Å²) in [6.45, 7) is 4.11. The molecule has 0 aromatic heterocycles. The molecule has 118 valence electrons. The Morgan fingerprint density at radius 1 is 1.22 bits per heavy atom. The van der Waals surface area contributed by atoms with Gasteiger partial charge in [0.25, 0.3) is 0 Å². The molecule has 0 saturated heterocycles. The number of hydrogen-bond donors (Lipinski definition) is 1. The Labute approximate surface area is 136 Å². The molecule has 1 N–H and O–H groups in total. The zero-order valence-electron chi connectivity index (χ0n) is 13.3. The molecule has 0 aliphatic rings. The van der Waals surface area contributed by atoms with Gasteiger partial charge in [-0.15, -0.1) is 6.42 Å².